The molecule has 3 heterocycles. The Kier molecular flexibility index (Phi) is 7.15. The molecule has 6 rings (SSSR count). The molecule has 4 aromatic rings. The van der Waals surface area contributed by atoms with Gasteiger partial charge in [0.1, 0.15) is 11.0 Å². The highest BCUT2D eigenvalue weighted by atomic mass is 32.2. The second-order valence-corrected chi connectivity index (χ2v) is 11.7. The molecule has 214 valence electrons. The summed E-state index contributed by atoms with van der Waals surface area (Å²) in [6.45, 7) is -0.261. The Morgan fingerprint density at radius 3 is 2.33 bits per heavy atom. The van der Waals surface area contributed by atoms with Gasteiger partial charge in [-0.1, -0.05) is 65.6 Å². The highest BCUT2D eigenvalue weighted by Crippen LogP contribution is 2.54. The number of hydrogen-bond donors (Lipinski definition) is 2. The lowest BCUT2D eigenvalue weighted by atomic mass is 9.83. The molecule has 8 nitrogen and oxygen atoms in total. The number of amides is 3. The average Bonchev–Trinajstić information content (AvgIpc) is 3.46. The molecule has 0 unspecified atom stereocenters. The fourth-order valence-corrected chi connectivity index (χ4v) is 7.68. The van der Waals surface area contributed by atoms with Gasteiger partial charge in [-0.05, 0) is 42.0 Å². The molecule has 0 radical (unpaired) electrons. The number of nitrogens with zero attached hydrogens (tertiary/aromatic N) is 1. The fraction of sp³-hybridized carbons (Fsp3) is 0.172. The normalized spacial score (nSPS) is 19.8. The van der Waals surface area contributed by atoms with Gasteiger partial charge in [0, 0.05) is 16.5 Å². The Morgan fingerprint density at radius 2 is 1.62 bits per heavy atom. The maximum Gasteiger partial charge on any atom is 0.418 e. The molecule has 3 amide bonds. The number of H-pyrrole nitrogens is 1. The number of benzene rings is 3. The van der Waals surface area contributed by atoms with Crippen LogP contribution in [0.3, 0.4) is 0 Å². The zero-order chi connectivity index (χ0) is 29.6. The van der Waals surface area contributed by atoms with Gasteiger partial charge < -0.3 is 15.0 Å². The molecule has 1 saturated heterocycles. The maximum atomic E-state index is 13.8. The molecule has 42 heavy (non-hydrogen) atoms. The second kappa shape index (κ2) is 10.8. The predicted molar refractivity (Wildman–Crippen MR) is 151 cm³/mol. The number of hydrogen-bond acceptors (Lipinski definition) is 7. The number of ether oxygens (including phenoxy) is 1. The van der Waals surface area contributed by atoms with Crippen LogP contribution in [0.25, 0.3) is 0 Å². The van der Waals surface area contributed by atoms with E-state index in [1.807, 2.05) is 6.07 Å². The molecule has 0 saturated carbocycles. The van der Waals surface area contributed by atoms with E-state index >= 15 is 0 Å². The smallest absolute Gasteiger partial charge is 0.418 e. The number of fused-ring (bicyclic) bond motifs is 2. The van der Waals surface area contributed by atoms with Crippen LogP contribution in [0, 0.1) is 5.92 Å². The summed E-state index contributed by atoms with van der Waals surface area (Å²) in [5, 5.41) is 2.07. The average molecular weight is 612 g/mol. The molecule has 13 heteroatoms. The molecule has 0 bridgehead atoms. The third-order valence-corrected chi connectivity index (χ3v) is 9.34. The number of aromatic amines is 1. The molecule has 2 aliphatic rings. The van der Waals surface area contributed by atoms with Crippen LogP contribution in [-0.2, 0) is 20.6 Å². The van der Waals surface area contributed by atoms with Crippen molar-refractivity contribution in [2.75, 3.05) is 16.8 Å². The van der Waals surface area contributed by atoms with Crippen molar-refractivity contribution in [1.29, 1.82) is 0 Å². The number of carbonyl (C=O) groups is 3. The molecule has 0 spiro atoms. The Hall–Kier alpha value is -4.36. The van der Waals surface area contributed by atoms with Crippen molar-refractivity contribution in [2.24, 2.45) is 5.92 Å². The highest BCUT2D eigenvalue weighted by Gasteiger charge is 2.57. The van der Waals surface area contributed by atoms with Gasteiger partial charge in [0.2, 0.25) is 11.8 Å². The summed E-state index contributed by atoms with van der Waals surface area (Å²) >= 11 is 1.87. The minimum absolute atomic E-state index is 0.261. The predicted octanol–water partition coefficient (Wildman–Crippen LogP) is 5.27. The number of aromatic nitrogens is 1. The molecular formula is C29H20F3N3O5S2. The van der Waals surface area contributed by atoms with Crippen LogP contribution in [0.4, 0.5) is 24.5 Å². The Labute approximate surface area is 244 Å². The lowest BCUT2D eigenvalue weighted by molar-refractivity contribution is -0.137. The first-order valence-electron chi connectivity index (χ1n) is 12.6. The molecule has 1 aromatic heterocycles. The van der Waals surface area contributed by atoms with E-state index in [-0.39, 0.29) is 17.4 Å². The lowest BCUT2D eigenvalue weighted by Gasteiger charge is -2.29. The topological polar surface area (TPSA) is 109 Å². The number of anilines is 2. The monoisotopic (exact) mass is 611 g/mol. The summed E-state index contributed by atoms with van der Waals surface area (Å²) < 4.78 is 47.0. The number of thiazole rings is 1. The van der Waals surface area contributed by atoms with Crippen LogP contribution in [-0.4, -0.2) is 34.6 Å². The van der Waals surface area contributed by atoms with Crippen molar-refractivity contribution in [3.05, 3.63) is 105 Å². The van der Waals surface area contributed by atoms with Gasteiger partial charge in [-0.25, -0.2) is 4.90 Å². The van der Waals surface area contributed by atoms with E-state index in [1.165, 1.54) is 12.1 Å². The van der Waals surface area contributed by atoms with Gasteiger partial charge in [0.15, 0.2) is 6.61 Å². The van der Waals surface area contributed by atoms with Crippen molar-refractivity contribution in [1.82, 2.24) is 4.98 Å². The third-order valence-electron chi connectivity index (χ3n) is 6.94. The van der Waals surface area contributed by atoms with Crippen LogP contribution in [0.15, 0.2) is 88.7 Å². The lowest BCUT2D eigenvalue weighted by Crippen LogP contribution is -2.33. The fourth-order valence-electron chi connectivity index (χ4n) is 5.16. The zero-order valence-electron chi connectivity index (χ0n) is 21.4. The molecule has 0 aliphatic carbocycles. The van der Waals surface area contributed by atoms with Gasteiger partial charge in [-0.3, -0.25) is 19.2 Å². The molecular weight excluding hydrogens is 591 g/mol. The minimum Gasteiger partial charge on any atom is -0.484 e. The molecule has 3 aromatic carbocycles. The number of alkyl halides is 3. The van der Waals surface area contributed by atoms with E-state index in [1.54, 1.807) is 48.5 Å². The van der Waals surface area contributed by atoms with Gasteiger partial charge in [-0.2, -0.15) is 13.2 Å². The van der Waals surface area contributed by atoms with E-state index in [2.05, 4.69) is 10.3 Å². The minimum atomic E-state index is -4.78. The first-order valence-corrected chi connectivity index (χ1v) is 14.3. The van der Waals surface area contributed by atoms with Crippen LogP contribution in [0.2, 0.25) is 0 Å². The van der Waals surface area contributed by atoms with Crippen LogP contribution < -0.4 is 19.8 Å². The van der Waals surface area contributed by atoms with Gasteiger partial charge in [0.25, 0.3) is 5.91 Å². The second-order valence-electron chi connectivity index (χ2n) is 9.55. The van der Waals surface area contributed by atoms with Gasteiger partial charge >= 0.3 is 11.0 Å². The highest BCUT2D eigenvalue weighted by molar-refractivity contribution is 8.00. The van der Waals surface area contributed by atoms with Crippen LogP contribution >= 0.6 is 23.1 Å². The summed E-state index contributed by atoms with van der Waals surface area (Å²) in [6, 6.07) is 19.8. The number of rotatable bonds is 6. The third kappa shape index (κ3) is 5.09. The quantitative estimate of drug-likeness (QED) is 0.288. The standard InChI is InChI=1S/C29H20F3N3O5S2/c30-29(31,32)18-8-4-5-9-19(18)35-26(37)22-21(23-25(34-28(39)42-23)41-24(22)27(35)38)15-10-12-17(13-11-15)40-14-20(36)33-16-6-2-1-3-7-16/h1-13,21-22,24H,14H2,(H,33,36)(H,34,39)/t21-,22-,24+/m0/s1. The molecule has 3 atom stereocenters. The summed E-state index contributed by atoms with van der Waals surface area (Å²) in [5.41, 5.74) is -0.429. The molecule has 2 N–H and O–H groups in total. The summed E-state index contributed by atoms with van der Waals surface area (Å²) in [5.74, 6) is -3.38. The van der Waals surface area contributed by atoms with Crippen molar-refractivity contribution >= 4 is 52.2 Å². The number of imide groups is 1. The SMILES string of the molecule is O=C(COc1ccc([C@@H]2c3sc(=O)[nH]c3S[C@H]3C(=O)N(c4ccccc4C(F)(F)F)C(=O)[C@@H]23)cc1)Nc1ccccc1. The van der Waals surface area contributed by atoms with Crippen molar-refractivity contribution < 1.29 is 32.3 Å². The number of para-hydroxylation sites is 2. The van der Waals surface area contributed by atoms with Crippen LogP contribution in [0.5, 0.6) is 5.75 Å². The van der Waals surface area contributed by atoms with E-state index in [9.17, 15) is 32.3 Å². The summed E-state index contributed by atoms with van der Waals surface area (Å²) in [7, 11) is 0. The first kappa shape index (κ1) is 27.8. The van der Waals surface area contributed by atoms with Crippen molar-refractivity contribution in [3.63, 3.8) is 0 Å². The molecule has 1 fully saturated rings. The van der Waals surface area contributed by atoms with E-state index in [0.717, 1.165) is 35.2 Å². The maximum absolute atomic E-state index is 13.8. The van der Waals surface area contributed by atoms with E-state index < -0.39 is 46.3 Å². The Morgan fingerprint density at radius 1 is 0.929 bits per heavy atom. The van der Waals surface area contributed by atoms with Gasteiger partial charge in [0.05, 0.1) is 22.2 Å². The van der Waals surface area contributed by atoms with Gasteiger partial charge in [-0.15, -0.1) is 0 Å². The summed E-state index contributed by atoms with van der Waals surface area (Å²) in [6.07, 6.45) is -4.78. The number of nitrogens with one attached hydrogen (secondary N) is 2. The first-order chi connectivity index (χ1) is 20.1. The Bertz CT molecular complexity index is 1740. The number of carbonyl (C=O) groups excluding carboxylic acids is 3. The van der Waals surface area contributed by atoms with E-state index in [0.29, 0.717) is 31.8 Å². The number of halogens is 3. The van der Waals surface area contributed by atoms with Crippen LogP contribution in [0.1, 0.15) is 21.9 Å². The van der Waals surface area contributed by atoms with Crippen molar-refractivity contribution in [3.8, 4) is 5.75 Å². The molecule has 2 aliphatic heterocycles. The van der Waals surface area contributed by atoms with E-state index in [4.69, 9.17) is 4.74 Å². The summed E-state index contributed by atoms with van der Waals surface area (Å²) in [4.78, 5) is 55.3. The van der Waals surface area contributed by atoms with Crippen molar-refractivity contribution in [2.45, 2.75) is 22.4 Å². The zero-order valence-corrected chi connectivity index (χ0v) is 23.0. The number of thioether (sulfide) groups is 1. The Balaban J connectivity index is 1.29. The largest absolute Gasteiger partial charge is 0.484 e.